The molecule has 1 aromatic carbocycles. The predicted molar refractivity (Wildman–Crippen MR) is 82.3 cm³/mol. The van der Waals surface area contributed by atoms with Gasteiger partial charge in [0.15, 0.2) is 0 Å². The maximum atomic E-state index is 12.5. The van der Waals surface area contributed by atoms with Gasteiger partial charge in [-0.15, -0.1) is 11.3 Å². The first-order valence-electron chi connectivity index (χ1n) is 6.00. The fourth-order valence-electron chi connectivity index (χ4n) is 1.81. The summed E-state index contributed by atoms with van der Waals surface area (Å²) in [5, 5.41) is 1.88. The summed E-state index contributed by atoms with van der Waals surface area (Å²) in [6, 6.07) is 7.64. The summed E-state index contributed by atoms with van der Waals surface area (Å²) in [5.41, 5.74) is 11.1. The number of sulfonamides is 1. The van der Waals surface area contributed by atoms with Crippen molar-refractivity contribution in [2.24, 2.45) is 5.73 Å². The molecule has 0 atom stereocenters. The first kappa shape index (κ1) is 15.5. The molecule has 1 aromatic heterocycles. The number of anilines is 1. The number of amides is 1. The van der Waals surface area contributed by atoms with E-state index in [0.717, 1.165) is 4.88 Å². The standard InChI is InChI=1S/C13H15N3O3S2/c1-16(8-10-3-2-6-20-10)21(18,19)12-5-4-9(13(15)17)7-11(12)14/h2-7H,8,14H2,1H3,(H2,15,17). The minimum atomic E-state index is -3.73. The Kier molecular flexibility index (Phi) is 4.31. The van der Waals surface area contributed by atoms with E-state index >= 15 is 0 Å². The maximum absolute atomic E-state index is 12.5. The number of thiophene rings is 1. The third-order valence-electron chi connectivity index (χ3n) is 2.94. The van der Waals surface area contributed by atoms with Gasteiger partial charge in [0.05, 0.1) is 5.69 Å². The van der Waals surface area contributed by atoms with Crippen molar-refractivity contribution in [3.63, 3.8) is 0 Å². The second-order valence-corrected chi connectivity index (χ2v) is 7.50. The lowest BCUT2D eigenvalue weighted by molar-refractivity contribution is 0.1000. The van der Waals surface area contributed by atoms with Gasteiger partial charge in [0.25, 0.3) is 0 Å². The zero-order chi connectivity index (χ0) is 15.6. The fourth-order valence-corrected chi connectivity index (χ4v) is 3.89. The van der Waals surface area contributed by atoms with E-state index in [4.69, 9.17) is 11.5 Å². The molecule has 0 unspecified atom stereocenters. The highest BCUT2D eigenvalue weighted by atomic mass is 32.2. The molecule has 6 nitrogen and oxygen atoms in total. The molecule has 0 radical (unpaired) electrons. The number of rotatable bonds is 5. The van der Waals surface area contributed by atoms with Gasteiger partial charge in [-0.3, -0.25) is 4.79 Å². The van der Waals surface area contributed by atoms with Crippen LogP contribution in [0.5, 0.6) is 0 Å². The number of nitrogens with two attached hydrogens (primary N) is 2. The van der Waals surface area contributed by atoms with Crippen molar-refractivity contribution in [2.75, 3.05) is 12.8 Å². The molecule has 4 N–H and O–H groups in total. The van der Waals surface area contributed by atoms with Crippen molar-refractivity contribution < 1.29 is 13.2 Å². The van der Waals surface area contributed by atoms with Gasteiger partial charge in [-0.25, -0.2) is 8.42 Å². The van der Waals surface area contributed by atoms with Crippen LogP contribution in [0.1, 0.15) is 15.2 Å². The minimum Gasteiger partial charge on any atom is -0.398 e. The van der Waals surface area contributed by atoms with Crippen LogP contribution in [-0.2, 0) is 16.6 Å². The predicted octanol–water partition coefficient (Wildman–Crippen LogP) is 1.25. The third-order valence-corrected chi connectivity index (χ3v) is 5.68. The second kappa shape index (κ2) is 5.84. The van der Waals surface area contributed by atoms with E-state index in [1.807, 2.05) is 17.5 Å². The average Bonchev–Trinajstić information content (AvgIpc) is 2.90. The lowest BCUT2D eigenvalue weighted by Gasteiger charge is -2.17. The Balaban J connectivity index is 2.33. The molecule has 0 aliphatic heterocycles. The average molecular weight is 325 g/mol. The summed E-state index contributed by atoms with van der Waals surface area (Å²) in [7, 11) is -2.24. The lowest BCUT2D eigenvalue weighted by atomic mass is 10.2. The molecule has 0 saturated carbocycles. The molecule has 0 bridgehead atoms. The number of nitrogen functional groups attached to an aromatic ring is 1. The van der Waals surface area contributed by atoms with E-state index in [9.17, 15) is 13.2 Å². The fraction of sp³-hybridized carbons (Fsp3) is 0.154. The summed E-state index contributed by atoms with van der Waals surface area (Å²) in [5.74, 6) is -0.655. The van der Waals surface area contributed by atoms with Crippen LogP contribution in [0, 0.1) is 0 Å². The van der Waals surface area contributed by atoms with Crippen LogP contribution >= 0.6 is 11.3 Å². The zero-order valence-electron chi connectivity index (χ0n) is 11.3. The van der Waals surface area contributed by atoms with Crippen molar-refractivity contribution in [1.82, 2.24) is 4.31 Å². The Morgan fingerprint density at radius 3 is 2.57 bits per heavy atom. The van der Waals surface area contributed by atoms with Crippen LogP contribution in [0.3, 0.4) is 0 Å². The monoisotopic (exact) mass is 325 g/mol. The van der Waals surface area contributed by atoms with Gasteiger partial charge in [0.1, 0.15) is 4.90 Å². The number of benzene rings is 1. The number of carbonyl (C=O) groups is 1. The molecule has 2 aromatic rings. The minimum absolute atomic E-state index is 0.00401. The van der Waals surface area contributed by atoms with Crippen molar-refractivity contribution in [1.29, 1.82) is 0 Å². The van der Waals surface area contributed by atoms with Crippen LogP contribution in [0.25, 0.3) is 0 Å². The van der Waals surface area contributed by atoms with E-state index in [1.165, 1.54) is 40.9 Å². The molecule has 0 aliphatic carbocycles. The van der Waals surface area contributed by atoms with Gasteiger partial charge in [0.2, 0.25) is 15.9 Å². The largest absolute Gasteiger partial charge is 0.398 e. The molecule has 0 fully saturated rings. The van der Waals surface area contributed by atoms with Crippen LogP contribution in [0.15, 0.2) is 40.6 Å². The molecule has 1 heterocycles. The number of hydrogen-bond donors (Lipinski definition) is 2. The van der Waals surface area contributed by atoms with E-state index in [1.54, 1.807) is 0 Å². The van der Waals surface area contributed by atoms with E-state index in [2.05, 4.69) is 0 Å². The first-order valence-corrected chi connectivity index (χ1v) is 8.32. The van der Waals surface area contributed by atoms with Crippen molar-refractivity contribution in [3.8, 4) is 0 Å². The van der Waals surface area contributed by atoms with Crippen molar-refractivity contribution in [3.05, 3.63) is 46.2 Å². The zero-order valence-corrected chi connectivity index (χ0v) is 12.9. The summed E-state index contributed by atoms with van der Waals surface area (Å²) in [4.78, 5) is 12.0. The molecule has 0 saturated heterocycles. The SMILES string of the molecule is CN(Cc1cccs1)S(=O)(=O)c1ccc(C(N)=O)cc1N. The molecular weight excluding hydrogens is 310 g/mol. The Hall–Kier alpha value is -1.90. The maximum Gasteiger partial charge on any atom is 0.248 e. The highest BCUT2D eigenvalue weighted by Gasteiger charge is 2.24. The van der Waals surface area contributed by atoms with Crippen molar-refractivity contribution >= 4 is 33.0 Å². The quantitative estimate of drug-likeness (QED) is 0.807. The van der Waals surface area contributed by atoms with Gasteiger partial charge in [-0.1, -0.05) is 6.07 Å². The van der Waals surface area contributed by atoms with Gasteiger partial charge in [-0.2, -0.15) is 4.31 Å². The Labute approximate surface area is 127 Å². The molecule has 2 rings (SSSR count). The number of hydrogen-bond acceptors (Lipinski definition) is 5. The first-order chi connectivity index (χ1) is 9.82. The topological polar surface area (TPSA) is 106 Å². The summed E-state index contributed by atoms with van der Waals surface area (Å²) in [6.07, 6.45) is 0. The Bertz CT molecular complexity index is 755. The van der Waals surface area contributed by atoms with Gasteiger partial charge >= 0.3 is 0 Å². The van der Waals surface area contributed by atoms with E-state index < -0.39 is 15.9 Å². The molecule has 1 amide bonds. The Morgan fingerprint density at radius 2 is 2.05 bits per heavy atom. The summed E-state index contributed by atoms with van der Waals surface area (Å²) < 4.78 is 26.2. The molecule has 0 spiro atoms. The van der Waals surface area contributed by atoms with Gasteiger partial charge in [0, 0.05) is 24.0 Å². The van der Waals surface area contributed by atoms with Gasteiger partial charge in [-0.05, 0) is 29.6 Å². The van der Waals surface area contributed by atoms with E-state index in [-0.39, 0.29) is 22.7 Å². The number of primary amides is 1. The smallest absolute Gasteiger partial charge is 0.248 e. The molecule has 21 heavy (non-hydrogen) atoms. The van der Waals surface area contributed by atoms with Crippen LogP contribution in [0.4, 0.5) is 5.69 Å². The summed E-state index contributed by atoms with van der Waals surface area (Å²) >= 11 is 1.47. The van der Waals surface area contributed by atoms with Gasteiger partial charge < -0.3 is 11.5 Å². The second-order valence-electron chi connectivity index (χ2n) is 4.46. The molecular formula is C13H15N3O3S2. The Morgan fingerprint density at radius 1 is 1.33 bits per heavy atom. The van der Waals surface area contributed by atoms with Crippen LogP contribution < -0.4 is 11.5 Å². The van der Waals surface area contributed by atoms with Crippen LogP contribution in [0.2, 0.25) is 0 Å². The highest BCUT2D eigenvalue weighted by Crippen LogP contribution is 2.24. The van der Waals surface area contributed by atoms with Crippen LogP contribution in [-0.4, -0.2) is 25.7 Å². The van der Waals surface area contributed by atoms with Crippen molar-refractivity contribution in [2.45, 2.75) is 11.4 Å². The highest BCUT2D eigenvalue weighted by molar-refractivity contribution is 7.89. The third kappa shape index (κ3) is 3.23. The summed E-state index contributed by atoms with van der Waals surface area (Å²) in [6.45, 7) is 0.261. The molecule has 8 heteroatoms. The lowest BCUT2D eigenvalue weighted by Crippen LogP contribution is -2.27. The van der Waals surface area contributed by atoms with E-state index in [0.29, 0.717) is 0 Å². The molecule has 112 valence electrons. The molecule has 0 aliphatic rings. The number of carbonyl (C=O) groups excluding carboxylic acids is 1. The normalized spacial score (nSPS) is 11.7. The number of nitrogens with zero attached hydrogens (tertiary/aromatic N) is 1.